The first-order valence-corrected chi connectivity index (χ1v) is 7.12. The number of carbonyl (C=O) groups is 1. The van der Waals surface area contributed by atoms with Crippen molar-refractivity contribution < 1.29 is 14.5 Å². The van der Waals surface area contributed by atoms with E-state index in [-0.39, 0.29) is 18.0 Å². The molecule has 0 aliphatic heterocycles. The first-order chi connectivity index (χ1) is 10.9. The molecule has 23 heavy (non-hydrogen) atoms. The molecule has 2 rings (SSSR count). The Morgan fingerprint density at radius 1 is 1.17 bits per heavy atom. The average Bonchev–Trinajstić information content (AvgIpc) is 2.50. The van der Waals surface area contributed by atoms with Gasteiger partial charge in [0.05, 0.1) is 4.92 Å². The van der Waals surface area contributed by atoms with Crippen LogP contribution in [0.3, 0.4) is 0 Å². The number of nitrogens with one attached hydrogen (secondary N) is 1. The van der Waals surface area contributed by atoms with Crippen molar-refractivity contribution in [1.29, 1.82) is 0 Å². The molecule has 6 heteroatoms. The highest BCUT2D eigenvalue weighted by Crippen LogP contribution is 2.27. The molecule has 0 radical (unpaired) electrons. The molecule has 2 aromatic rings. The number of para-hydroxylation sites is 1. The van der Waals surface area contributed by atoms with Crippen LogP contribution in [-0.4, -0.2) is 17.4 Å². The molecule has 0 aliphatic rings. The van der Waals surface area contributed by atoms with Crippen molar-refractivity contribution in [3.05, 3.63) is 63.2 Å². The van der Waals surface area contributed by atoms with Gasteiger partial charge in [-0.05, 0) is 43.5 Å². The Kier molecular flexibility index (Phi) is 4.95. The number of nitrogens with zero attached hydrogens (tertiary/aromatic N) is 1. The van der Waals surface area contributed by atoms with Gasteiger partial charge in [0.1, 0.15) is 11.4 Å². The van der Waals surface area contributed by atoms with Crippen LogP contribution in [0, 0.1) is 30.9 Å². The summed E-state index contributed by atoms with van der Waals surface area (Å²) < 4.78 is 5.51. The van der Waals surface area contributed by atoms with E-state index in [0.29, 0.717) is 11.3 Å². The summed E-state index contributed by atoms with van der Waals surface area (Å²) in [5.74, 6) is 0.183. The van der Waals surface area contributed by atoms with Gasteiger partial charge < -0.3 is 10.1 Å². The molecule has 0 fully saturated rings. The normalized spacial score (nSPS) is 10.2. The van der Waals surface area contributed by atoms with Crippen LogP contribution in [-0.2, 0) is 4.79 Å². The van der Waals surface area contributed by atoms with Crippen LogP contribution in [0.1, 0.15) is 16.7 Å². The summed E-state index contributed by atoms with van der Waals surface area (Å²) in [6, 6.07) is 10.4. The lowest BCUT2D eigenvalue weighted by atomic mass is 10.1. The van der Waals surface area contributed by atoms with Gasteiger partial charge in [0.2, 0.25) is 0 Å². The number of hydrogen-bond acceptors (Lipinski definition) is 4. The molecule has 0 spiro atoms. The Balaban J connectivity index is 2.09. The SMILES string of the molecule is Cc1ccc(C)c(OCC(=O)Nc2c(C)cccc2[N+](=O)[O-])c1. The monoisotopic (exact) mass is 314 g/mol. The van der Waals surface area contributed by atoms with Crippen molar-refractivity contribution in [2.75, 3.05) is 11.9 Å². The predicted molar refractivity (Wildman–Crippen MR) is 87.9 cm³/mol. The third kappa shape index (κ3) is 4.06. The van der Waals surface area contributed by atoms with Gasteiger partial charge in [0.15, 0.2) is 6.61 Å². The number of nitro benzene ring substituents is 1. The molecular weight excluding hydrogens is 296 g/mol. The number of amides is 1. The van der Waals surface area contributed by atoms with Crippen LogP contribution in [0.2, 0.25) is 0 Å². The minimum Gasteiger partial charge on any atom is -0.483 e. The summed E-state index contributed by atoms with van der Waals surface area (Å²) >= 11 is 0. The molecule has 0 heterocycles. The van der Waals surface area contributed by atoms with E-state index in [2.05, 4.69) is 5.32 Å². The Morgan fingerprint density at radius 3 is 2.61 bits per heavy atom. The lowest BCUT2D eigenvalue weighted by Crippen LogP contribution is -2.21. The minimum absolute atomic E-state index is 0.134. The third-order valence-corrected chi connectivity index (χ3v) is 3.41. The highest BCUT2D eigenvalue weighted by molar-refractivity contribution is 5.95. The molecule has 6 nitrogen and oxygen atoms in total. The van der Waals surface area contributed by atoms with Crippen molar-refractivity contribution in [2.24, 2.45) is 0 Å². The Bertz CT molecular complexity index is 756. The zero-order valence-electron chi connectivity index (χ0n) is 13.3. The molecule has 0 bridgehead atoms. The number of benzene rings is 2. The van der Waals surface area contributed by atoms with Crippen molar-refractivity contribution in [3.63, 3.8) is 0 Å². The molecule has 2 aromatic carbocycles. The summed E-state index contributed by atoms with van der Waals surface area (Å²) in [7, 11) is 0. The quantitative estimate of drug-likeness (QED) is 0.676. The molecule has 0 atom stereocenters. The van der Waals surface area contributed by atoms with Crippen LogP contribution in [0.4, 0.5) is 11.4 Å². The Morgan fingerprint density at radius 2 is 1.91 bits per heavy atom. The fourth-order valence-corrected chi connectivity index (χ4v) is 2.15. The van der Waals surface area contributed by atoms with E-state index in [1.807, 2.05) is 32.0 Å². The van der Waals surface area contributed by atoms with E-state index in [0.717, 1.165) is 11.1 Å². The molecule has 1 N–H and O–H groups in total. The van der Waals surface area contributed by atoms with Gasteiger partial charge in [-0.2, -0.15) is 0 Å². The summed E-state index contributed by atoms with van der Waals surface area (Å²) in [5.41, 5.74) is 2.64. The standard InChI is InChI=1S/C17H18N2O4/c1-11-7-8-12(2)15(9-11)23-10-16(20)18-17-13(3)5-4-6-14(17)19(21)22/h4-9H,10H2,1-3H3,(H,18,20). The first kappa shape index (κ1) is 16.5. The number of hydrogen-bond donors (Lipinski definition) is 1. The molecule has 1 amide bonds. The van der Waals surface area contributed by atoms with Crippen LogP contribution in [0.15, 0.2) is 36.4 Å². The van der Waals surface area contributed by atoms with Crippen LogP contribution < -0.4 is 10.1 Å². The summed E-state index contributed by atoms with van der Waals surface area (Å²) in [6.07, 6.45) is 0. The highest BCUT2D eigenvalue weighted by atomic mass is 16.6. The molecule has 0 saturated heterocycles. The van der Waals surface area contributed by atoms with Gasteiger partial charge in [0.25, 0.3) is 11.6 Å². The van der Waals surface area contributed by atoms with Crippen molar-refractivity contribution in [3.8, 4) is 5.75 Å². The van der Waals surface area contributed by atoms with Crippen LogP contribution >= 0.6 is 0 Å². The number of ether oxygens (including phenoxy) is 1. The van der Waals surface area contributed by atoms with Gasteiger partial charge in [-0.3, -0.25) is 14.9 Å². The Labute approximate surface area is 134 Å². The van der Waals surface area contributed by atoms with Crippen LogP contribution in [0.25, 0.3) is 0 Å². The summed E-state index contributed by atoms with van der Waals surface area (Å²) in [5, 5.41) is 13.6. The zero-order chi connectivity index (χ0) is 17.0. The topological polar surface area (TPSA) is 81.5 Å². The van der Waals surface area contributed by atoms with Gasteiger partial charge in [-0.25, -0.2) is 0 Å². The van der Waals surface area contributed by atoms with E-state index in [1.54, 1.807) is 19.1 Å². The zero-order valence-corrected chi connectivity index (χ0v) is 13.3. The van der Waals surface area contributed by atoms with E-state index in [4.69, 9.17) is 4.74 Å². The van der Waals surface area contributed by atoms with Crippen LogP contribution in [0.5, 0.6) is 5.75 Å². The number of nitro groups is 1. The summed E-state index contributed by atoms with van der Waals surface area (Å²) in [4.78, 5) is 22.6. The molecular formula is C17H18N2O4. The average molecular weight is 314 g/mol. The molecule has 120 valence electrons. The summed E-state index contributed by atoms with van der Waals surface area (Å²) in [6.45, 7) is 5.31. The number of anilines is 1. The predicted octanol–water partition coefficient (Wildman–Crippen LogP) is 3.54. The fourth-order valence-electron chi connectivity index (χ4n) is 2.15. The van der Waals surface area contributed by atoms with E-state index < -0.39 is 10.8 Å². The maximum Gasteiger partial charge on any atom is 0.293 e. The fraction of sp³-hybridized carbons (Fsp3) is 0.235. The smallest absolute Gasteiger partial charge is 0.293 e. The minimum atomic E-state index is -0.520. The molecule has 0 aliphatic carbocycles. The van der Waals surface area contributed by atoms with Gasteiger partial charge >= 0.3 is 0 Å². The molecule has 0 aromatic heterocycles. The molecule has 0 unspecified atom stereocenters. The highest BCUT2D eigenvalue weighted by Gasteiger charge is 2.18. The number of rotatable bonds is 5. The van der Waals surface area contributed by atoms with Crippen molar-refractivity contribution in [1.82, 2.24) is 0 Å². The first-order valence-electron chi connectivity index (χ1n) is 7.12. The van der Waals surface area contributed by atoms with Gasteiger partial charge in [-0.1, -0.05) is 24.3 Å². The van der Waals surface area contributed by atoms with Crippen molar-refractivity contribution >= 4 is 17.3 Å². The van der Waals surface area contributed by atoms with Gasteiger partial charge in [0, 0.05) is 6.07 Å². The maximum absolute atomic E-state index is 12.1. The number of aryl methyl sites for hydroxylation is 3. The second kappa shape index (κ2) is 6.91. The van der Waals surface area contributed by atoms with Gasteiger partial charge in [-0.15, -0.1) is 0 Å². The number of carbonyl (C=O) groups excluding carboxylic acids is 1. The van der Waals surface area contributed by atoms with E-state index in [1.165, 1.54) is 6.07 Å². The molecule has 0 saturated carbocycles. The van der Waals surface area contributed by atoms with Crippen molar-refractivity contribution in [2.45, 2.75) is 20.8 Å². The third-order valence-electron chi connectivity index (χ3n) is 3.41. The maximum atomic E-state index is 12.1. The second-order valence-corrected chi connectivity index (χ2v) is 5.33. The largest absolute Gasteiger partial charge is 0.483 e. The lowest BCUT2D eigenvalue weighted by Gasteiger charge is -2.11. The second-order valence-electron chi connectivity index (χ2n) is 5.33. The van der Waals surface area contributed by atoms with E-state index >= 15 is 0 Å². The lowest BCUT2D eigenvalue weighted by molar-refractivity contribution is -0.384. The Hall–Kier alpha value is -2.89. The van der Waals surface area contributed by atoms with E-state index in [9.17, 15) is 14.9 Å².